The van der Waals surface area contributed by atoms with Gasteiger partial charge in [-0.05, 0) is 18.4 Å². The van der Waals surface area contributed by atoms with Crippen LogP contribution in [0.15, 0.2) is 35.1 Å². The second kappa shape index (κ2) is 6.09. The highest BCUT2D eigenvalue weighted by Crippen LogP contribution is 2.20. The number of aromatic nitrogens is 1. The number of rotatable bonds is 5. The van der Waals surface area contributed by atoms with Crippen molar-refractivity contribution < 1.29 is 5.11 Å². The van der Waals surface area contributed by atoms with Crippen LogP contribution in [0.2, 0.25) is 0 Å². The van der Waals surface area contributed by atoms with Gasteiger partial charge in [-0.1, -0.05) is 32.0 Å². The smallest absolute Gasteiger partial charge is 0.252 e. The van der Waals surface area contributed by atoms with Gasteiger partial charge in [0.05, 0.1) is 11.6 Å². The number of pyridine rings is 1. The molecule has 1 atom stereocenters. The number of aliphatic hydroxyl groups is 1. The van der Waals surface area contributed by atoms with Crippen molar-refractivity contribution >= 4 is 16.6 Å². The Morgan fingerprint density at radius 1 is 1.30 bits per heavy atom. The molecule has 2 rings (SSSR count). The fourth-order valence-corrected chi connectivity index (χ4v) is 2.41. The minimum absolute atomic E-state index is 0.0513. The lowest BCUT2D eigenvalue weighted by Crippen LogP contribution is -2.23. The highest BCUT2D eigenvalue weighted by molar-refractivity contribution is 5.91. The van der Waals surface area contributed by atoms with Crippen LogP contribution in [-0.4, -0.2) is 22.3 Å². The molecule has 0 amide bonds. The Labute approximate surface area is 119 Å². The number of aliphatic hydroxyl groups excluding tert-OH is 1. The van der Waals surface area contributed by atoms with Crippen LogP contribution in [-0.2, 0) is 7.05 Å². The van der Waals surface area contributed by atoms with Crippen LogP contribution >= 0.6 is 0 Å². The Balaban J connectivity index is 2.26. The van der Waals surface area contributed by atoms with Gasteiger partial charge in [0.1, 0.15) is 0 Å². The van der Waals surface area contributed by atoms with Gasteiger partial charge >= 0.3 is 0 Å². The molecule has 108 valence electrons. The number of para-hydroxylation sites is 1. The first-order valence-electron chi connectivity index (χ1n) is 6.99. The monoisotopic (exact) mass is 274 g/mol. The molecule has 20 heavy (non-hydrogen) atoms. The Morgan fingerprint density at radius 3 is 2.70 bits per heavy atom. The zero-order valence-electron chi connectivity index (χ0n) is 12.3. The molecule has 4 nitrogen and oxygen atoms in total. The Kier molecular flexibility index (Phi) is 4.45. The maximum atomic E-state index is 11.9. The highest BCUT2D eigenvalue weighted by atomic mass is 16.3. The van der Waals surface area contributed by atoms with E-state index in [-0.39, 0.29) is 5.56 Å². The second-order valence-corrected chi connectivity index (χ2v) is 5.64. The Morgan fingerprint density at radius 2 is 2.00 bits per heavy atom. The molecule has 1 aromatic carbocycles. The van der Waals surface area contributed by atoms with E-state index in [0.717, 1.165) is 23.0 Å². The number of nitrogens with one attached hydrogen (secondary N) is 1. The molecule has 0 aliphatic heterocycles. The molecular formula is C16H22N2O2. The number of fused-ring (bicyclic) bond motifs is 1. The molecule has 0 radical (unpaired) electrons. The molecule has 2 aromatic rings. The van der Waals surface area contributed by atoms with Crippen LogP contribution in [0.5, 0.6) is 0 Å². The van der Waals surface area contributed by atoms with E-state index < -0.39 is 6.10 Å². The van der Waals surface area contributed by atoms with Gasteiger partial charge in [0.25, 0.3) is 5.56 Å². The summed E-state index contributed by atoms with van der Waals surface area (Å²) in [5, 5.41) is 14.1. The molecule has 0 saturated heterocycles. The molecule has 0 fully saturated rings. The average molecular weight is 274 g/mol. The molecule has 0 saturated carbocycles. The van der Waals surface area contributed by atoms with E-state index in [9.17, 15) is 9.90 Å². The number of hydrogen-bond acceptors (Lipinski definition) is 3. The van der Waals surface area contributed by atoms with Gasteiger partial charge in [-0.25, -0.2) is 0 Å². The fourth-order valence-electron chi connectivity index (χ4n) is 2.41. The van der Waals surface area contributed by atoms with Crippen molar-refractivity contribution in [3.63, 3.8) is 0 Å². The van der Waals surface area contributed by atoms with Gasteiger partial charge in [-0.2, -0.15) is 0 Å². The third-order valence-corrected chi connectivity index (χ3v) is 3.43. The van der Waals surface area contributed by atoms with Crippen molar-refractivity contribution in [2.45, 2.75) is 26.4 Å². The van der Waals surface area contributed by atoms with Crippen LogP contribution in [0.25, 0.3) is 10.9 Å². The van der Waals surface area contributed by atoms with E-state index in [1.807, 2.05) is 24.3 Å². The SMILES string of the molecule is CC(C)CC(O)CNc1cc(=O)n(C)c2ccccc12. The highest BCUT2D eigenvalue weighted by Gasteiger charge is 2.09. The number of hydrogen-bond donors (Lipinski definition) is 2. The van der Waals surface area contributed by atoms with Crippen molar-refractivity contribution in [1.82, 2.24) is 4.57 Å². The standard InChI is InChI=1S/C16H22N2O2/c1-11(2)8-12(19)10-17-14-9-16(20)18(3)15-7-5-4-6-13(14)15/h4-7,9,11-12,17,19H,8,10H2,1-3H3. The third kappa shape index (κ3) is 3.20. The first kappa shape index (κ1) is 14.6. The van der Waals surface area contributed by atoms with Crippen LogP contribution in [0.4, 0.5) is 5.69 Å². The summed E-state index contributed by atoms with van der Waals surface area (Å²) in [6, 6.07) is 9.35. The lowest BCUT2D eigenvalue weighted by molar-refractivity contribution is 0.161. The molecule has 0 bridgehead atoms. The summed E-state index contributed by atoms with van der Waals surface area (Å²) in [6.45, 7) is 4.61. The molecule has 4 heteroatoms. The van der Waals surface area contributed by atoms with Gasteiger partial charge < -0.3 is 15.0 Å². The molecule has 1 aromatic heterocycles. The first-order chi connectivity index (χ1) is 9.49. The third-order valence-electron chi connectivity index (χ3n) is 3.43. The molecule has 1 unspecified atom stereocenters. The van der Waals surface area contributed by atoms with E-state index >= 15 is 0 Å². The normalized spacial score (nSPS) is 12.8. The predicted molar refractivity (Wildman–Crippen MR) is 83.1 cm³/mol. The number of aryl methyl sites for hydroxylation is 1. The van der Waals surface area contributed by atoms with Crippen molar-refractivity contribution in [3.8, 4) is 0 Å². The number of benzene rings is 1. The van der Waals surface area contributed by atoms with E-state index in [0.29, 0.717) is 12.5 Å². The van der Waals surface area contributed by atoms with Crippen LogP contribution in [0.1, 0.15) is 20.3 Å². The fraction of sp³-hybridized carbons (Fsp3) is 0.438. The zero-order valence-corrected chi connectivity index (χ0v) is 12.3. The molecule has 1 heterocycles. The minimum Gasteiger partial charge on any atom is -0.391 e. The van der Waals surface area contributed by atoms with Crippen LogP contribution in [0, 0.1) is 5.92 Å². The summed E-state index contributed by atoms with van der Waals surface area (Å²) in [5.41, 5.74) is 1.62. The van der Waals surface area contributed by atoms with Gasteiger partial charge in [-0.3, -0.25) is 4.79 Å². The first-order valence-corrected chi connectivity index (χ1v) is 6.99. The minimum atomic E-state index is -0.405. The summed E-state index contributed by atoms with van der Waals surface area (Å²) >= 11 is 0. The maximum Gasteiger partial charge on any atom is 0.252 e. The summed E-state index contributed by atoms with van der Waals surface area (Å²) < 4.78 is 1.63. The molecular weight excluding hydrogens is 252 g/mol. The summed E-state index contributed by atoms with van der Waals surface area (Å²) in [7, 11) is 1.77. The zero-order chi connectivity index (χ0) is 14.7. The van der Waals surface area contributed by atoms with E-state index in [1.54, 1.807) is 17.7 Å². The lowest BCUT2D eigenvalue weighted by Gasteiger charge is -2.16. The maximum absolute atomic E-state index is 11.9. The second-order valence-electron chi connectivity index (χ2n) is 5.64. The molecule has 0 aliphatic rings. The van der Waals surface area contributed by atoms with Crippen LogP contribution in [0.3, 0.4) is 0 Å². The van der Waals surface area contributed by atoms with E-state index in [4.69, 9.17) is 0 Å². The summed E-state index contributed by atoms with van der Waals surface area (Å²) in [6.07, 6.45) is 0.341. The van der Waals surface area contributed by atoms with Crippen molar-refractivity contribution in [3.05, 3.63) is 40.7 Å². The van der Waals surface area contributed by atoms with Gasteiger partial charge in [0.2, 0.25) is 0 Å². The number of nitrogens with zero attached hydrogens (tertiary/aromatic N) is 1. The average Bonchev–Trinajstić information content (AvgIpc) is 2.40. The van der Waals surface area contributed by atoms with Crippen molar-refractivity contribution in [2.75, 3.05) is 11.9 Å². The Hall–Kier alpha value is -1.81. The predicted octanol–water partition coefficient (Wildman–Crippen LogP) is 2.36. The van der Waals surface area contributed by atoms with Crippen molar-refractivity contribution in [2.24, 2.45) is 13.0 Å². The molecule has 0 aliphatic carbocycles. The topological polar surface area (TPSA) is 54.3 Å². The molecule has 2 N–H and O–H groups in total. The van der Waals surface area contributed by atoms with Crippen molar-refractivity contribution in [1.29, 1.82) is 0 Å². The lowest BCUT2D eigenvalue weighted by atomic mass is 10.1. The number of anilines is 1. The van der Waals surface area contributed by atoms with Gasteiger partial charge in [0, 0.05) is 30.7 Å². The Bertz CT molecular complexity index is 646. The molecule has 0 spiro atoms. The van der Waals surface area contributed by atoms with Gasteiger partial charge in [0.15, 0.2) is 0 Å². The quantitative estimate of drug-likeness (QED) is 0.880. The van der Waals surface area contributed by atoms with Crippen LogP contribution < -0.4 is 10.9 Å². The largest absolute Gasteiger partial charge is 0.391 e. The van der Waals surface area contributed by atoms with Gasteiger partial charge in [-0.15, -0.1) is 0 Å². The van der Waals surface area contributed by atoms with E-state index in [2.05, 4.69) is 19.2 Å². The van der Waals surface area contributed by atoms with E-state index in [1.165, 1.54) is 0 Å². The summed E-state index contributed by atoms with van der Waals surface area (Å²) in [4.78, 5) is 11.9. The summed E-state index contributed by atoms with van der Waals surface area (Å²) in [5.74, 6) is 0.451.